The molecule has 8 atom stereocenters. The van der Waals surface area contributed by atoms with Gasteiger partial charge in [-0.05, 0) is 132 Å². The van der Waals surface area contributed by atoms with Crippen LogP contribution in [0, 0.1) is 23.2 Å². The van der Waals surface area contributed by atoms with E-state index in [1.54, 1.807) is 11.6 Å². The number of piperidine rings is 2. The van der Waals surface area contributed by atoms with Crippen LogP contribution in [0.3, 0.4) is 0 Å². The molecule has 8 rings (SSSR count). The zero-order valence-electron chi connectivity index (χ0n) is 28.0. The van der Waals surface area contributed by atoms with Crippen molar-refractivity contribution < 1.29 is 10.2 Å². The van der Waals surface area contributed by atoms with Crippen LogP contribution in [0.4, 0.5) is 0 Å². The number of aromatic nitrogens is 1. The quantitative estimate of drug-likeness (QED) is 0.325. The van der Waals surface area contributed by atoms with Crippen LogP contribution in [0.1, 0.15) is 88.0 Å². The van der Waals surface area contributed by atoms with Crippen molar-refractivity contribution in [3.05, 3.63) is 64.9 Å². The van der Waals surface area contributed by atoms with Crippen molar-refractivity contribution >= 4 is 17.0 Å². The van der Waals surface area contributed by atoms with Gasteiger partial charge in [0.1, 0.15) is 11.3 Å². The number of aliphatic hydroxyl groups excluding tert-OH is 1. The third-order valence-corrected chi connectivity index (χ3v) is 12.3. The van der Waals surface area contributed by atoms with Crippen LogP contribution in [0.25, 0.3) is 17.0 Å². The van der Waals surface area contributed by atoms with Gasteiger partial charge in [-0.3, -0.25) is 4.90 Å². The van der Waals surface area contributed by atoms with Gasteiger partial charge in [-0.25, -0.2) is 4.98 Å². The number of benzene rings is 1. The normalized spacial score (nSPS) is 36.7. The summed E-state index contributed by atoms with van der Waals surface area (Å²) in [5.74, 6) is 1.92. The third kappa shape index (κ3) is 6.11. The van der Waals surface area contributed by atoms with Crippen LogP contribution in [0.15, 0.2) is 48.1 Å². The van der Waals surface area contributed by atoms with Crippen LogP contribution in [-0.4, -0.2) is 76.4 Å². The summed E-state index contributed by atoms with van der Waals surface area (Å²) in [5, 5.41) is 22.9. The Morgan fingerprint density at radius 1 is 1.00 bits per heavy atom. The molecule has 1 spiro atoms. The lowest BCUT2D eigenvalue weighted by atomic mass is 9.52. The molecule has 2 saturated heterocycles. The molecule has 0 saturated carbocycles. The molecule has 0 amide bonds. The van der Waals surface area contributed by atoms with Gasteiger partial charge in [0.15, 0.2) is 0 Å². The van der Waals surface area contributed by atoms with Crippen molar-refractivity contribution in [2.75, 3.05) is 39.3 Å². The number of para-hydroxylation sites is 1. The van der Waals surface area contributed by atoms with Gasteiger partial charge in [0.05, 0.1) is 6.10 Å². The fourth-order valence-electron chi connectivity index (χ4n) is 10.3. The van der Waals surface area contributed by atoms with E-state index in [0.29, 0.717) is 29.9 Å². The number of hydrogen-bond donors (Lipinski definition) is 3. The highest BCUT2D eigenvalue weighted by Crippen LogP contribution is 2.57. The topological polar surface area (TPSA) is 85.8 Å². The average Bonchev–Trinajstić information content (AvgIpc) is 3.05. The summed E-state index contributed by atoms with van der Waals surface area (Å²) in [6, 6.07) is 6.28. The Morgan fingerprint density at radius 3 is 2.78 bits per heavy atom. The van der Waals surface area contributed by atoms with Crippen molar-refractivity contribution in [3.63, 3.8) is 0 Å². The first-order valence-corrected chi connectivity index (χ1v) is 18.5. The molecule has 6 bridgehead atoms. The molecule has 1 aromatic carbocycles. The lowest BCUT2D eigenvalue weighted by Crippen LogP contribution is -2.68. The van der Waals surface area contributed by atoms with Crippen LogP contribution in [0.2, 0.25) is 0 Å². The number of nitrogens with zero attached hydrogens (tertiary/aromatic N) is 3. The van der Waals surface area contributed by atoms with E-state index in [9.17, 15) is 10.2 Å². The molecule has 2 unspecified atom stereocenters. The minimum absolute atomic E-state index is 0.221. The Balaban J connectivity index is 1.27. The first-order valence-electron chi connectivity index (χ1n) is 18.5. The van der Waals surface area contributed by atoms with Gasteiger partial charge in [-0.1, -0.05) is 55.0 Å². The highest BCUT2D eigenvalue weighted by atomic mass is 16.3. The number of aromatic hydroxyl groups is 1. The number of rotatable bonds is 2. The van der Waals surface area contributed by atoms with Gasteiger partial charge >= 0.3 is 0 Å². The van der Waals surface area contributed by atoms with E-state index >= 15 is 0 Å². The second kappa shape index (κ2) is 13.9. The summed E-state index contributed by atoms with van der Waals surface area (Å²) in [6.45, 7) is 8.49. The molecule has 6 aliphatic rings. The maximum absolute atomic E-state index is 11.1. The molecular formula is C40H56N4O2. The van der Waals surface area contributed by atoms with Crippen molar-refractivity contribution in [1.82, 2.24) is 14.8 Å². The number of nitrogens with two attached hydrogens (primary N) is 1. The summed E-state index contributed by atoms with van der Waals surface area (Å²) in [4.78, 5) is 10.8. The molecule has 2 fully saturated rings. The highest BCUT2D eigenvalue weighted by molar-refractivity contribution is 5.90. The van der Waals surface area contributed by atoms with Gasteiger partial charge in [0, 0.05) is 42.2 Å². The molecule has 1 aromatic heterocycles. The molecule has 5 aliphatic heterocycles. The number of aliphatic hydroxyl groups is 1. The summed E-state index contributed by atoms with van der Waals surface area (Å²) < 4.78 is 0. The molecule has 4 N–H and O–H groups in total. The SMILES string of the molecule is C[C@@H]1CN2CC[C@@H]3[C@@H]4C=C(CC/C=C\CCC[C@@H]1O)[C@H]1N(CCCCc5nc6c(O)cccc6c(CCN)c5/C=C\CC[C@@]31C2)C4. The van der Waals surface area contributed by atoms with E-state index in [-0.39, 0.29) is 17.3 Å². The smallest absolute Gasteiger partial charge is 0.141 e. The monoisotopic (exact) mass is 624 g/mol. The van der Waals surface area contributed by atoms with E-state index in [4.69, 9.17) is 10.7 Å². The Labute approximate surface area is 276 Å². The highest BCUT2D eigenvalue weighted by Gasteiger charge is 2.58. The van der Waals surface area contributed by atoms with Crippen LogP contribution in [0.5, 0.6) is 5.75 Å². The minimum Gasteiger partial charge on any atom is -0.506 e. The molecule has 1 aliphatic carbocycles. The minimum atomic E-state index is -0.221. The Bertz CT molecular complexity index is 1480. The molecule has 46 heavy (non-hydrogen) atoms. The van der Waals surface area contributed by atoms with Gasteiger partial charge in [-0.15, -0.1) is 0 Å². The molecule has 6 heterocycles. The third-order valence-electron chi connectivity index (χ3n) is 12.3. The predicted molar refractivity (Wildman–Crippen MR) is 189 cm³/mol. The Kier molecular flexibility index (Phi) is 9.70. The largest absolute Gasteiger partial charge is 0.506 e. The maximum atomic E-state index is 11.1. The number of allylic oxidation sites excluding steroid dienone is 3. The molecule has 6 heteroatoms. The van der Waals surface area contributed by atoms with Gasteiger partial charge in [-0.2, -0.15) is 0 Å². The molecule has 2 aromatic rings. The van der Waals surface area contributed by atoms with Crippen LogP contribution in [-0.2, 0) is 12.8 Å². The Hall–Kier alpha value is -2.51. The van der Waals surface area contributed by atoms with Gasteiger partial charge in [0.2, 0.25) is 0 Å². The maximum Gasteiger partial charge on any atom is 0.141 e. The van der Waals surface area contributed by atoms with Gasteiger partial charge < -0.3 is 20.8 Å². The number of hydrogen-bond acceptors (Lipinski definition) is 6. The second-order valence-electron chi connectivity index (χ2n) is 15.2. The molecular weight excluding hydrogens is 568 g/mol. The fraction of sp³-hybridized carbons (Fsp3) is 0.625. The standard InChI is InChI=1S/C40H56N4O2/c1-28-25-43-23-19-34-30-24-29(12-5-3-2-4-6-16-36(28)45)39-40(34,27-43)20-9-7-13-32-31(18-21-41)33-14-11-17-37(46)38(33)42-35(32)15-8-10-22-44(39)26-30/h2-3,7,11,13-14,17,24,28,30,34,36,39,45-46H,4-6,8-10,12,15-16,18-23,25-27,41H2,1H3/b3-2-,13-7-/t28-,30-,34-,36+,39-,40-/m1/s1. The van der Waals surface area contributed by atoms with Crippen molar-refractivity contribution in [3.8, 4) is 5.75 Å². The fourth-order valence-corrected chi connectivity index (χ4v) is 10.3. The van der Waals surface area contributed by atoms with Crippen molar-refractivity contribution in [2.45, 2.75) is 96.1 Å². The summed E-state index contributed by atoms with van der Waals surface area (Å²) in [5.41, 5.74) is 12.4. The molecule has 6 nitrogen and oxygen atoms in total. The number of pyridine rings is 1. The number of phenolic OH excluding ortho intramolecular Hbond substituents is 1. The average molecular weight is 625 g/mol. The number of phenols is 1. The zero-order valence-corrected chi connectivity index (χ0v) is 28.0. The predicted octanol–water partition coefficient (Wildman–Crippen LogP) is 6.64. The lowest BCUT2D eigenvalue weighted by molar-refractivity contribution is -0.113. The van der Waals surface area contributed by atoms with Crippen LogP contribution < -0.4 is 5.73 Å². The van der Waals surface area contributed by atoms with E-state index < -0.39 is 0 Å². The Morgan fingerprint density at radius 2 is 1.89 bits per heavy atom. The summed E-state index contributed by atoms with van der Waals surface area (Å²) in [7, 11) is 0. The summed E-state index contributed by atoms with van der Waals surface area (Å²) in [6.07, 6.45) is 24.9. The number of aryl methyl sites for hydroxylation is 1. The van der Waals surface area contributed by atoms with E-state index in [2.05, 4.69) is 53.2 Å². The first-order chi connectivity index (χ1) is 22.5. The number of fused-ring (bicyclic) bond motifs is 3. The molecule has 248 valence electrons. The van der Waals surface area contributed by atoms with E-state index in [1.807, 2.05) is 6.07 Å². The summed E-state index contributed by atoms with van der Waals surface area (Å²) >= 11 is 0. The second-order valence-corrected chi connectivity index (χ2v) is 15.2. The van der Waals surface area contributed by atoms with Gasteiger partial charge in [0.25, 0.3) is 0 Å². The lowest BCUT2D eigenvalue weighted by Gasteiger charge is -2.64. The van der Waals surface area contributed by atoms with Crippen molar-refractivity contribution in [1.29, 1.82) is 0 Å². The molecule has 0 radical (unpaired) electrons. The van der Waals surface area contributed by atoms with Crippen molar-refractivity contribution in [2.24, 2.45) is 28.9 Å². The van der Waals surface area contributed by atoms with Crippen LogP contribution >= 0.6 is 0 Å². The van der Waals surface area contributed by atoms with E-state index in [0.717, 1.165) is 101 Å². The zero-order chi connectivity index (χ0) is 31.7. The van der Waals surface area contributed by atoms with E-state index in [1.165, 1.54) is 36.9 Å². The first kappa shape index (κ1) is 32.1.